The maximum absolute atomic E-state index is 11.3. The monoisotopic (exact) mass is 277 g/mol. The van der Waals surface area contributed by atoms with E-state index in [0.29, 0.717) is 0 Å². The molecule has 0 amide bonds. The quantitative estimate of drug-likeness (QED) is 0.826. The van der Waals surface area contributed by atoms with Crippen LogP contribution in [0.4, 0.5) is 5.69 Å². The van der Waals surface area contributed by atoms with Crippen molar-refractivity contribution in [2.75, 3.05) is 16.8 Å². The number of benzene rings is 1. The molecule has 2 nitrogen and oxygen atoms in total. The molecule has 2 aliphatic rings. The smallest absolute Gasteiger partial charge is 0.0988 e. The van der Waals surface area contributed by atoms with E-state index in [4.69, 9.17) is 0 Å². The maximum atomic E-state index is 11.3. The van der Waals surface area contributed by atoms with Gasteiger partial charge in [0.1, 0.15) is 0 Å². The minimum Gasteiger partial charge on any atom is -0.386 e. The van der Waals surface area contributed by atoms with E-state index in [1.54, 1.807) is 0 Å². The zero-order valence-electron chi connectivity index (χ0n) is 11.8. The minimum absolute atomic E-state index is 0.0117. The summed E-state index contributed by atoms with van der Waals surface area (Å²) in [7, 11) is 0. The minimum atomic E-state index is -0.608. The van der Waals surface area contributed by atoms with E-state index in [2.05, 4.69) is 43.4 Å². The molecule has 0 aromatic heterocycles. The van der Waals surface area contributed by atoms with Crippen LogP contribution < -0.4 is 5.32 Å². The summed E-state index contributed by atoms with van der Waals surface area (Å²) in [5.41, 5.74) is 1.97. The standard InChI is InChI=1S/C16H23NOS/c1-15(2)9-10-19-11-16(15,18)14-8-7-12-5-3-4-6-13(12)17-14/h3-6,14,17-18H,7-11H2,1-2H3. The lowest BCUT2D eigenvalue weighted by molar-refractivity contribution is -0.0685. The molecule has 19 heavy (non-hydrogen) atoms. The molecule has 0 spiro atoms. The Morgan fingerprint density at radius 2 is 2.11 bits per heavy atom. The molecule has 2 heterocycles. The third-order valence-electron chi connectivity index (χ3n) is 4.99. The Morgan fingerprint density at radius 1 is 1.32 bits per heavy atom. The highest BCUT2D eigenvalue weighted by Crippen LogP contribution is 2.46. The van der Waals surface area contributed by atoms with Crippen LogP contribution in [0.15, 0.2) is 24.3 Å². The topological polar surface area (TPSA) is 32.3 Å². The highest BCUT2D eigenvalue weighted by molar-refractivity contribution is 7.99. The van der Waals surface area contributed by atoms with Gasteiger partial charge in [0, 0.05) is 11.4 Å². The average Bonchev–Trinajstić information content (AvgIpc) is 2.41. The summed E-state index contributed by atoms with van der Waals surface area (Å²) in [4.78, 5) is 0. The first-order chi connectivity index (χ1) is 9.03. The van der Waals surface area contributed by atoms with Crippen LogP contribution in [0.5, 0.6) is 0 Å². The highest BCUT2D eigenvalue weighted by atomic mass is 32.2. The van der Waals surface area contributed by atoms with Crippen molar-refractivity contribution in [2.24, 2.45) is 5.41 Å². The van der Waals surface area contributed by atoms with E-state index < -0.39 is 5.60 Å². The molecule has 2 unspecified atom stereocenters. The average molecular weight is 277 g/mol. The summed E-state index contributed by atoms with van der Waals surface area (Å²) in [6.45, 7) is 4.43. The number of fused-ring (bicyclic) bond motifs is 1. The Labute approximate surface area is 120 Å². The third kappa shape index (κ3) is 2.17. The molecule has 2 atom stereocenters. The van der Waals surface area contributed by atoms with Crippen molar-refractivity contribution in [3.8, 4) is 0 Å². The summed E-state index contributed by atoms with van der Waals surface area (Å²) in [6.07, 6.45) is 3.18. The molecule has 0 bridgehead atoms. The lowest BCUT2D eigenvalue weighted by atomic mass is 9.67. The van der Waals surface area contributed by atoms with Crippen molar-refractivity contribution in [2.45, 2.75) is 44.8 Å². The fourth-order valence-corrected chi connectivity index (χ4v) is 5.04. The van der Waals surface area contributed by atoms with E-state index in [0.717, 1.165) is 25.0 Å². The molecular weight excluding hydrogens is 254 g/mol. The number of nitrogens with one attached hydrogen (secondary N) is 1. The van der Waals surface area contributed by atoms with Crippen molar-refractivity contribution in [1.82, 2.24) is 0 Å². The number of thioether (sulfide) groups is 1. The fraction of sp³-hybridized carbons (Fsp3) is 0.625. The summed E-state index contributed by atoms with van der Waals surface area (Å²) in [5.74, 6) is 2.01. The summed E-state index contributed by atoms with van der Waals surface area (Å²) in [6, 6.07) is 8.65. The Bertz CT molecular complexity index is 474. The lowest BCUT2D eigenvalue weighted by Crippen LogP contribution is -2.61. The molecule has 2 N–H and O–H groups in total. The van der Waals surface area contributed by atoms with Crippen LogP contribution in [0.25, 0.3) is 0 Å². The zero-order chi connectivity index (χ0) is 13.5. The third-order valence-corrected chi connectivity index (χ3v) is 6.13. The van der Waals surface area contributed by atoms with Gasteiger partial charge in [-0.2, -0.15) is 11.8 Å². The first kappa shape index (κ1) is 13.3. The van der Waals surface area contributed by atoms with Crippen LogP contribution in [0.3, 0.4) is 0 Å². The van der Waals surface area contributed by atoms with Gasteiger partial charge in [-0.1, -0.05) is 32.0 Å². The number of hydrogen-bond acceptors (Lipinski definition) is 3. The normalized spacial score (nSPS) is 33.3. The van der Waals surface area contributed by atoms with Gasteiger partial charge in [0.25, 0.3) is 0 Å². The van der Waals surface area contributed by atoms with Gasteiger partial charge in [-0.3, -0.25) is 0 Å². The zero-order valence-corrected chi connectivity index (χ0v) is 12.6. The molecule has 0 aliphatic carbocycles. The van der Waals surface area contributed by atoms with Crippen LogP contribution in [0, 0.1) is 5.41 Å². The molecule has 104 valence electrons. The van der Waals surface area contributed by atoms with Gasteiger partial charge < -0.3 is 10.4 Å². The molecule has 0 saturated carbocycles. The van der Waals surface area contributed by atoms with Crippen LogP contribution in [-0.4, -0.2) is 28.3 Å². The van der Waals surface area contributed by atoms with Crippen LogP contribution in [-0.2, 0) is 6.42 Å². The lowest BCUT2D eigenvalue weighted by Gasteiger charge is -2.52. The second-order valence-electron chi connectivity index (χ2n) is 6.50. The first-order valence-corrected chi connectivity index (χ1v) is 8.33. The van der Waals surface area contributed by atoms with Crippen molar-refractivity contribution in [1.29, 1.82) is 0 Å². The Kier molecular flexibility index (Phi) is 3.30. The molecule has 2 aliphatic heterocycles. The number of anilines is 1. The molecule has 0 radical (unpaired) electrons. The number of aliphatic hydroxyl groups is 1. The van der Waals surface area contributed by atoms with E-state index in [1.807, 2.05) is 11.8 Å². The first-order valence-electron chi connectivity index (χ1n) is 7.17. The molecule has 1 aromatic carbocycles. The second kappa shape index (κ2) is 4.71. The van der Waals surface area contributed by atoms with E-state index in [1.165, 1.54) is 17.0 Å². The SMILES string of the molecule is CC1(C)CCSCC1(O)C1CCc2ccccc2N1. The van der Waals surface area contributed by atoms with Gasteiger partial charge in [0.2, 0.25) is 0 Å². The Morgan fingerprint density at radius 3 is 2.89 bits per heavy atom. The highest BCUT2D eigenvalue weighted by Gasteiger charge is 2.51. The van der Waals surface area contributed by atoms with E-state index >= 15 is 0 Å². The van der Waals surface area contributed by atoms with Crippen molar-refractivity contribution in [3.63, 3.8) is 0 Å². The van der Waals surface area contributed by atoms with Crippen LogP contribution in [0.1, 0.15) is 32.3 Å². The number of aryl methyl sites for hydroxylation is 1. The fourth-order valence-electron chi connectivity index (χ4n) is 3.34. The number of para-hydroxylation sites is 1. The van der Waals surface area contributed by atoms with Gasteiger partial charge in [-0.05, 0) is 42.1 Å². The molecule has 1 aromatic rings. The largest absolute Gasteiger partial charge is 0.386 e. The van der Waals surface area contributed by atoms with Crippen molar-refractivity contribution < 1.29 is 5.11 Å². The summed E-state index contributed by atoms with van der Waals surface area (Å²) < 4.78 is 0. The molecule has 3 heteroatoms. The van der Waals surface area contributed by atoms with Gasteiger partial charge in [-0.25, -0.2) is 0 Å². The van der Waals surface area contributed by atoms with Crippen LogP contribution in [0.2, 0.25) is 0 Å². The molecular formula is C16H23NOS. The summed E-state index contributed by atoms with van der Waals surface area (Å²) >= 11 is 1.89. The second-order valence-corrected chi connectivity index (χ2v) is 7.61. The Hall–Kier alpha value is -0.670. The summed E-state index contributed by atoms with van der Waals surface area (Å²) in [5, 5.41) is 14.9. The molecule has 1 saturated heterocycles. The maximum Gasteiger partial charge on any atom is 0.0988 e. The predicted molar refractivity (Wildman–Crippen MR) is 82.8 cm³/mol. The molecule has 1 fully saturated rings. The van der Waals surface area contributed by atoms with E-state index in [9.17, 15) is 5.11 Å². The van der Waals surface area contributed by atoms with E-state index in [-0.39, 0.29) is 11.5 Å². The molecule has 3 rings (SSSR count). The van der Waals surface area contributed by atoms with Gasteiger partial charge in [0.15, 0.2) is 0 Å². The van der Waals surface area contributed by atoms with Gasteiger partial charge in [-0.15, -0.1) is 0 Å². The number of rotatable bonds is 1. The predicted octanol–water partition coefficient (Wildman–Crippen LogP) is 3.31. The van der Waals surface area contributed by atoms with Crippen molar-refractivity contribution in [3.05, 3.63) is 29.8 Å². The Balaban J connectivity index is 1.87. The van der Waals surface area contributed by atoms with Crippen LogP contribution >= 0.6 is 11.8 Å². The van der Waals surface area contributed by atoms with Gasteiger partial charge >= 0.3 is 0 Å². The van der Waals surface area contributed by atoms with Gasteiger partial charge in [0.05, 0.1) is 11.6 Å². The number of hydrogen-bond donors (Lipinski definition) is 2. The van der Waals surface area contributed by atoms with Crippen molar-refractivity contribution >= 4 is 17.4 Å².